The second-order valence-electron chi connectivity index (χ2n) is 5.24. The van der Waals surface area contributed by atoms with Gasteiger partial charge in [0.05, 0.1) is 18.8 Å². The van der Waals surface area contributed by atoms with Gasteiger partial charge in [-0.15, -0.1) is 11.8 Å². The van der Waals surface area contributed by atoms with Crippen molar-refractivity contribution in [3.63, 3.8) is 0 Å². The van der Waals surface area contributed by atoms with E-state index >= 15 is 0 Å². The average Bonchev–Trinajstić information content (AvgIpc) is 2.99. The molecule has 0 aromatic heterocycles. The lowest BCUT2D eigenvalue weighted by Crippen LogP contribution is -2.30. The molecule has 1 saturated carbocycles. The minimum Gasteiger partial charge on any atom is -0.383 e. The van der Waals surface area contributed by atoms with Crippen LogP contribution < -0.4 is 10.6 Å². The van der Waals surface area contributed by atoms with Gasteiger partial charge in [-0.3, -0.25) is 4.79 Å². The van der Waals surface area contributed by atoms with Gasteiger partial charge in [-0.25, -0.2) is 0 Å². The van der Waals surface area contributed by atoms with Crippen LogP contribution in [0.15, 0.2) is 29.2 Å². The van der Waals surface area contributed by atoms with Crippen LogP contribution in [0.25, 0.3) is 0 Å². The molecular weight excluding hydrogens is 284 g/mol. The highest BCUT2D eigenvalue weighted by Gasteiger charge is 2.17. The lowest BCUT2D eigenvalue weighted by atomic mass is 10.3. The fourth-order valence-corrected chi connectivity index (χ4v) is 3.76. The normalized spacial score (nSPS) is 15.3. The van der Waals surface area contributed by atoms with Gasteiger partial charge in [0.1, 0.15) is 0 Å². The smallest absolute Gasteiger partial charge is 0.238 e. The van der Waals surface area contributed by atoms with E-state index in [1.165, 1.54) is 30.6 Å². The first kappa shape index (κ1) is 16.3. The first-order chi connectivity index (χ1) is 10.3. The SMILES string of the molecule is COCCNCC(=O)Nc1ccccc1SC1CCCC1. The Kier molecular flexibility index (Phi) is 7.06. The fraction of sp³-hybridized carbons (Fsp3) is 0.562. The van der Waals surface area contributed by atoms with Crippen molar-refractivity contribution in [1.29, 1.82) is 0 Å². The molecule has 1 aromatic rings. The molecule has 1 aliphatic rings. The summed E-state index contributed by atoms with van der Waals surface area (Å²) in [7, 11) is 1.65. The van der Waals surface area contributed by atoms with Crippen molar-refractivity contribution in [3.05, 3.63) is 24.3 Å². The number of carbonyl (C=O) groups is 1. The Labute approximate surface area is 131 Å². The molecule has 0 saturated heterocycles. The topological polar surface area (TPSA) is 50.4 Å². The quantitative estimate of drug-likeness (QED) is 0.725. The number of amides is 1. The maximum Gasteiger partial charge on any atom is 0.238 e. The van der Waals surface area contributed by atoms with E-state index in [1.54, 1.807) is 7.11 Å². The van der Waals surface area contributed by atoms with Gasteiger partial charge in [-0.1, -0.05) is 25.0 Å². The minimum atomic E-state index is -0.00873. The highest BCUT2D eigenvalue weighted by molar-refractivity contribution is 8.00. The number of para-hydroxylation sites is 1. The van der Waals surface area contributed by atoms with Crippen LogP contribution in [0.4, 0.5) is 5.69 Å². The number of ether oxygens (including phenoxy) is 1. The molecule has 1 aliphatic carbocycles. The summed E-state index contributed by atoms with van der Waals surface area (Å²) in [5, 5.41) is 6.75. The molecule has 0 atom stereocenters. The monoisotopic (exact) mass is 308 g/mol. The number of carbonyl (C=O) groups excluding carboxylic acids is 1. The van der Waals surface area contributed by atoms with Crippen LogP contribution in [0.3, 0.4) is 0 Å². The zero-order valence-electron chi connectivity index (χ0n) is 12.6. The van der Waals surface area contributed by atoms with Crippen LogP contribution in [-0.4, -0.2) is 38.0 Å². The van der Waals surface area contributed by atoms with Crippen LogP contribution in [0.1, 0.15) is 25.7 Å². The van der Waals surface area contributed by atoms with Crippen LogP contribution in [0.5, 0.6) is 0 Å². The lowest BCUT2D eigenvalue weighted by Gasteiger charge is -2.14. The molecule has 0 bridgehead atoms. The van der Waals surface area contributed by atoms with Crippen LogP contribution in [0.2, 0.25) is 0 Å². The van der Waals surface area contributed by atoms with Crippen LogP contribution in [-0.2, 0) is 9.53 Å². The Morgan fingerprint density at radius 3 is 2.86 bits per heavy atom. The zero-order valence-corrected chi connectivity index (χ0v) is 13.4. The van der Waals surface area contributed by atoms with E-state index in [-0.39, 0.29) is 5.91 Å². The van der Waals surface area contributed by atoms with Crippen LogP contribution >= 0.6 is 11.8 Å². The number of thioether (sulfide) groups is 1. The summed E-state index contributed by atoms with van der Waals surface area (Å²) in [6, 6.07) is 8.07. The Hall–Kier alpha value is -1.04. The third kappa shape index (κ3) is 5.69. The molecule has 116 valence electrons. The minimum absolute atomic E-state index is 0.00873. The standard InChI is InChI=1S/C16H24N2O2S/c1-20-11-10-17-12-16(19)18-14-8-4-5-9-15(14)21-13-6-2-3-7-13/h4-5,8-9,13,17H,2-3,6-7,10-12H2,1H3,(H,18,19). The zero-order chi connectivity index (χ0) is 14.9. The Morgan fingerprint density at radius 2 is 2.10 bits per heavy atom. The van der Waals surface area contributed by atoms with E-state index in [2.05, 4.69) is 16.7 Å². The van der Waals surface area contributed by atoms with Crippen molar-refractivity contribution < 1.29 is 9.53 Å². The summed E-state index contributed by atoms with van der Waals surface area (Å²) >= 11 is 1.90. The van der Waals surface area contributed by atoms with Gasteiger partial charge in [0.25, 0.3) is 0 Å². The maximum absolute atomic E-state index is 11.9. The van der Waals surface area contributed by atoms with Gasteiger partial charge in [0, 0.05) is 23.8 Å². The second-order valence-corrected chi connectivity index (χ2v) is 6.58. The Bertz CT molecular complexity index is 448. The van der Waals surface area contributed by atoms with Gasteiger partial charge in [0.2, 0.25) is 5.91 Å². The molecule has 21 heavy (non-hydrogen) atoms. The molecule has 2 N–H and O–H groups in total. The molecule has 0 heterocycles. The summed E-state index contributed by atoms with van der Waals surface area (Å²) in [4.78, 5) is 13.1. The lowest BCUT2D eigenvalue weighted by molar-refractivity contribution is -0.115. The Balaban J connectivity index is 1.85. The third-order valence-electron chi connectivity index (χ3n) is 3.53. The first-order valence-corrected chi connectivity index (χ1v) is 8.43. The van der Waals surface area contributed by atoms with E-state index in [1.807, 2.05) is 30.0 Å². The molecule has 4 nitrogen and oxygen atoms in total. The summed E-state index contributed by atoms with van der Waals surface area (Å²) in [6.45, 7) is 1.61. The summed E-state index contributed by atoms with van der Waals surface area (Å²) in [6.07, 6.45) is 5.22. The number of hydrogen-bond donors (Lipinski definition) is 2. The van der Waals surface area contributed by atoms with E-state index in [9.17, 15) is 4.79 Å². The molecule has 1 fully saturated rings. The molecule has 0 aliphatic heterocycles. The number of rotatable bonds is 8. The number of nitrogens with one attached hydrogen (secondary N) is 2. The average molecular weight is 308 g/mol. The van der Waals surface area contributed by atoms with Crippen molar-refractivity contribution in [1.82, 2.24) is 5.32 Å². The van der Waals surface area contributed by atoms with E-state index in [0.717, 1.165) is 5.69 Å². The molecule has 1 aromatic carbocycles. The Morgan fingerprint density at radius 1 is 1.33 bits per heavy atom. The second kappa shape index (κ2) is 9.07. The highest BCUT2D eigenvalue weighted by Crippen LogP contribution is 2.37. The molecular formula is C16H24N2O2S. The maximum atomic E-state index is 11.9. The number of methoxy groups -OCH3 is 1. The van der Waals surface area contributed by atoms with Gasteiger partial charge >= 0.3 is 0 Å². The molecule has 2 rings (SSSR count). The summed E-state index contributed by atoms with van der Waals surface area (Å²) in [5.74, 6) is -0.00873. The number of benzene rings is 1. The fourth-order valence-electron chi connectivity index (χ4n) is 2.43. The van der Waals surface area contributed by atoms with Crippen molar-refractivity contribution in [2.24, 2.45) is 0 Å². The number of hydrogen-bond acceptors (Lipinski definition) is 4. The van der Waals surface area contributed by atoms with E-state index in [0.29, 0.717) is 24.9 Å². The molecule has 0 unspecified atom stereocenters. The predicted molar refractivity (Wildman–Crippen MR) is 87.9 cm³/mol. The van der Waals surface area contributed by atoms with Gasteiger partial charge < -0.3 is 15.4 Å². The van der Waals surface area contributed by atoms with Crippen molar-refractivity contribution in [3.8, 4) is 0 Å². The van der Waals surface area contributed by atoms with Gasteiger partial charge in [0.15, 0.2) is 0 Å². The molecule has 5 heteroatoms. The van der Waals surface area contributed by atoms with Crippen LogP contribution in [0, 0.1) is 0 Å². The summed E-state index contributed by atoms with van der Waals surface area (Å²) in [5.41, 5.74) is 0.924. The number of anilines is 1. The predicted octanol–water partition coefficient (Wildman–Crippen LogP) is 2.90. The van der Waals surface area contributed by atoms with Gasteiger partial charge in [-0.2, -0.15) is 0 Å². The van der Waals surface area contributed by atoms with Crippen molar-refractivity contribution in [2.45, 2.75) is 35.8 Å². The largest absolute Gasteiger partial charge is 0.383 e. The van der Waals surface area contributed by atoms with Crippen molar-refractivity contribution >= 4 is 23.4 Å². The van der Waals surface area contributed by atoms with E-state index < -0.39 is 0 Å². The molecule has 1 amide bonds. The van der Waals surface area contributed by atoms with E-state index in [4.69, 9.17) is 4.74 Å². The third-order valence-corrected chi connectivity index (χ3v) is 4.94. The van der Waals surface area contributed by atoms with Crippen molar-refractivity contribution in [2.75, 3.05) is 32.1 Å². The highest BCUT2D eigenvalue weighted by atomic mass is 32.2. The van der Waals surface area contributed by atoms with Gasteiger partial charge in [-0.05, 0) is 25.0 Å². The first-order valence-electron chi connectivity index (χ1n) is 7.55. The molecule has 0 radical (unpaired) electrons. The summed E-state index contributed by atoms with van der Waals surface area (Å²) < 4.78 is 4.94. The molecule has 0 spiro atoms.